The highest BCUT2D eigenvalue weighted by atomic mass is 32.2. The summed E-state index contributed by atoms with van der Waals surface area (Å²) in [4.78, 5) is 0. The van der Waals surface area contributed by atoms with Gasteiger partial charge in [-0.2, -0.15) is 11.8 Å². The van der Waals surface area contributed by atoms with Gasteiger partial charge in [0.1, 0.15) is 0 Å². The number of thioether (sulfide) groups is 1. The van der Waals surface area contributed by atoms with E-state index in [-0.39, 0.29) is 0 Å². The van der Waals surface area contributed by atoms with Gasteiger partial charge in [0.15, 0.2) is 0 Å². The first-order chi connectivity index (χ1) is 3.83. The van der Waals surface area contributed by atoms with Crippen LogP contribution in [-0.4, -0.2) is 11.0 Å². The van der Waals surface area contributed by atoms with Gasteiger partial charge in [-0.25, -0.2) is 0 Å². The van der Waals surface area contributed by atoms with E-state index in [4.69, 9.17) is 0 Å². The fourth-order valence-corrected chi connectivity index (χ4v) is 2.57. The minimum Gasteiger partial charge on any atom is -0.159 e. The molecule has 1 rings (SSSR count). The number of hydrogen-bond donors (Lipinski definition) is 0. The molecule has 0 saturated carbocycles. The van der Waals surface area contributed by atoms with Crippen molar-refractivity contribution in [1.82, 2.24) is 0 Å². The van der Waals surface area contributed by atoms with Crippen LogP contribution >= 0.6 is 11.8 Å². The lowest BCUT2D eigenvalue weighted by molar-refractivity contribution is 0.550. The normalized spacial score (nSPS) is 38.2. The molecule has 1 heteroatoms. The molecule has 0 aromatic heterocycles. The van der Waals surface area contributed by atoms with E-state index in [2.05, 4.69) is 25.6 Å². The molecule has 48 valence electrons. The molecule has 2 atom stereocenters. The van der Waals surface area contributed by atoms with E-state index in [1.54, 1.807) is 0 Å². The van der Waals surface area contributed by atoms with Crippen LogP contribution in [0.3, 0.4) is 0 Å². The first-order valence-corrected chi connectivity index (χ1v) is 4.49. The van der Waals surface area contributed by atoms with E-state index in [0.717, 1.165) is 11.2 Å². The average molecular weight is 130 g/mol. The highest BCUT2D eigenvalue weighted by Crippen LogP contribution is 2.32. The molecule has 1 aliphatic heterocycles. The molecule has 0 spiro atoms. The van der Waals surface area contributed by atoms with Crippen LogP contribution in [0, 0.1) is 5.92 Å². The molecule has 0 aliphatic carbocycles. The summed E-state index contributed by atoms with van der Waals surface area (Å²) >= 11 is 2.13. The van der Waals surface area contributed by atoms with E-state index < -0.39 is 0 Å². The molecule has 0 radical (unpaired) electrons. The van der Waals surface area contributed by atoms with Gasteiger partial charge >= 0.3 is 0 Å². The van der Waals surface area contributed by atoms with Crippen LogP contribution in [0.5, 0.6) is 0 Å². The Morgan fingerprint density at radius 3 is 2.62 bits per heavy atom. The largest absolute Gasteiger partial charge is 0.159 e. The molecule has 0 amide bonds. The number of hydrogen-bond acceptors (Lipinski definition) is 1. The van der Waals surface area contributed by atoms with Gasteiger partial charge in [0, 0.05) is 5.25 Å². The second kappa shape index (κ2) is 2.77. The molecular weight excluding hydrogens is 116 g/mol. The van der Waals surface area contributed by atoms with E-state index in [1.165, 1.54) is 18.6 Å². The van der Waals surface area contributed by atoms with Crippen LogP contribution in [0.25, 0.3) is 0 Å². The smallest absolute Gasteiger partial charge is 0.00217 e. The molecule has 0 aromatic rings. The van der Waals surface area contributed by atoms with Crippen LogP contribution in [0.15, 0.2) is 0 Å². The average Bonchev–Trinajstić information content (AvgIpc) is 2.14. The summed E-state index contributed by atoms with van der Waals surface area (Å²) < 4.78 is 0. The van der Waals surface area contributed by atoms with Crippen molar-refractivity contribution in [3.05, 3.63) is 0 Å². The molecule has 2 unspecified atom stereocenters. The maximum atomic E-state index is 2.33. The summed E-state index contributed by atoms with van der Waals surface area (Å²) in [6, 6.07) is 0. The molecule has 0 N–H and O–H groups in total. The zero-order valence-corrected chi connectivity index (χ0v) is 6.50. The van der Waals surface area contributed by atoms with Crippen LogP contribution < -0.4 is 0 Å². The Kier molecular flexibility index (Phi) is 2.24. The predicted molar refractivity (Wildman–Crippen MR) is 40.3 cm³/mol. The standard InChI is InChI=1S/C7H14S/c1-3-7-4-6(2)8-5-7/h6-7H,3-5H2,1-2H3. The van der Waals surface area contributed by atoms with Gasteiger partial charge in [-0.15, -0.1) is 0 Å². The molecule has 1 fully saturated rings. The summed E-state index contributed by atoms with van der Waals surface area (Å²) in [7, 11) is 0. The number of rotatable bonds is 1. The van der Waals surface area contributed by atoms with Gasteiger partial charge in [0.05, 0.1) is 0 Å². The topological polar surface area (TPSA) is 0 Å². The fraction of sp³-hybridized carbons (Fsp3) is 1.00. The third kappa shape index (κ3) is 1.41. The highest BCUT2D eigenvalue weighted by molar-refractivity contribution is 8.00. The van der Waals surface area contributed by atoms with Gasteiger partial charge in [-0.3, -0.25) is 0 Å². The van der Waals surface area contributed by atoms with Crippen LogP contribution in [0.2, 0.25) is 0 Å². The van der Waals surface area contributed by atoms with Gasteiger partial charge < -0.3 is 0 Å². The molecule has 1 heterocycles. The van der Waals surface area contributed by atoms with Crippen molar-refractivity contribution in [2.75, 3.05) is 5.75 Å². The zero-order chi connectivity index (χ0) is 5.98. The summed E-state index contributed by atoms with van der Waals surface area (Å²) in [6.45, 7) is 4.63. The summed E-state index contributed by atoms with van der Waals surface area (Å²) in [6.07, 6.45) is 2.85. The minimum absolute atomic E-state index is 0.944. The minimum atomic E-state index is 0.944. The van der Waals surface area contributed by atoms with Crippen LogP contribution in [0.1, 0.15) is 26.7 Å². The Balaban J connectivity index is 2.22. The third-order valence-electron chi connectivity index (χ3n) is 1.86. The van der Waals surface area contributed by atoms with Gasteiger partial charge in [-0.1, -0.05) is 20.3 Å². The Bertz CT molecular complexity index is 70.8. The molecule has 1 saturated heterocycles. The van der Waals surface area contributed by atoms with Crippen molar-refractivity contribution >= 4 is 11.8 Å². The monoisotopic (exact) mass is 130 g/mol. The molecule has 1 aliphatic rings. The first-order valence-electron chi connectivity index (χ1n) is 3.44. The second-order valence-electron chi connectivity index (χ2n) is 2.65. The molecule has 8 heavy (non-hydrogen) atoms. The fourth-order valence-electron chi connectivity index (χ4n) is 1.19. The Labute approximate surface area is 56.0 Å². The van der Waals surface area contributed by atoms with Crippen molar-refractivity contribution < 1.29 is 0 Å². The Morgan fingerprint density at radius 1 is 1.62 bits per heavy atom. The van der Waals surface area contributed by atoms with Crippen molar-refractivity contribution in [3.63, 3.8) is 0 Å². The van der Waals surface area contributed by atoms with Crippen LogP contribution in [-0.2, 0) is 0 Å². The lowest BCUT2D eigenvalue weighted by Gasteiger charge is -2.00. The lowest BCUT2D eigenvalue weighted by atomic mass is 10.0. The molecular formula is C7H14S. The lowest BCUT2D eigenvalue weighted by Crippen LogP contribution is -1.95. The van der Waals surface area contributed by atoms with E-state index in [9.17, 15) is 0 Å². The molecule has 0 aromatic carbocycles. The molecule has 0 nitrogen and oxygen atoms in total. The zero-order valence-electron chi connectivity index (χ0n) is 5.68. The van der Waals surface area contributed by atoms with Crippen molar-refractivity contribution in [2.45, 2.75) is 31.9 Å². The van der Waals surface area contributed by atoms with Crippen molar-refractivity contribution in [1.29, 1.82) is 0 Å². The predicted octanol–water partition coefficient (Wildman–Crippen LogP) is 2.54. The molecule has 0 bridgehead atoms. The highest BCUT2D eigenvalue weighted by Gasteiger charge is 2.19. The first kappa shape index (κ1) is 6.47. The summed E-state index contributed by atoms with van der Waals surface area (Å²) in [5, 5.41) is 0.944. The Hall–Kier alpha value is 0.350. The SMILES string of the molecule is CCC1CSC(C)C1. The van der Waals surface area contributed by atoms with Crippen molar-refractivity contribution in [2.24, 2.45) is 5.92 Å². The van der Waals surface area contributed by atoms with E-state index in [0.29, 0.717) is 0 Å². The van der Waals surface area contributed by atoms with Crippen LogP contribution in [0.4, 0.5) is 0 Å². The maximum absolute atomic E-state index is 2.33. The van der Waals surface area contributed by atoms with E-state index >= 15 is 0 Å². The summed E-state index contributed by atoms with van der Waals surface area (Å²) in [5.41, 5.74) is 0. The van der Waals surface area contributed by atoms with E-state index in [1.807, 2.05) is 0 Å². The van der Waals surface area contributed by atoms with Gasteiger partial charge in [0.25, 0.3) is 0 Å². The second-order valence-corrected chi connectivity index (χ2v) is 4.13. The van der Waals surface area contributed by atoms with Crippen molar-refractivity contribution in [3.8, 4) is 0 Å². The quantitative estimate of drug-likeness (QED) is 0.525. The Morgan fingerprint density at radius 2 is 2.38 bits per heavy atom. The maximum Gasteiger partial charge on any atom is 0.00217 e. The third-order valence-corrected chi connectivity index (χ3v) is 3.28. The van der Waals surface area contributed by atoms with Gasteiger partial charge in [0.2, 0.25) is 0 Å². The summed E-state index contributed by atoms with van der Waals surface area (Å²) in [5.74, 6) is 2.45. The van der Waals surface area contributed by atoms with Gasteiger partial charge in [-0.05, 0) is 18.1 Å².